The van der Waals surface area contributed by atoms with Gasteiger partial charge in [0.05, 0.1) is 0 Å². The third-order valence-electron chi connectivity index (χ3n) is 3.26. The van der Waals surface area contributed by atoms with E-state index in [1.165, 1.54) is 0 Å². The Labute approximate surface area is 109 Å². The monoisotopic (exact) mass is 300 g/mol. The number of aromatic nitrogens is 1. The van der Waals surface area contributed by atoms with Gasteiger partial charge in [-0.3, -0.25) is 4.79 Å². The summed E-state index contributed by atoms with van der Waals surface area (Å²) in [6.07, 6.45) is 3.86. The van der Waals surface area contributed by atoms with Crippen molar-refractivity contribution in [3.8, 4) is 0 Å². The first-order valence-electron chi connectivity index (χ1n) is 5.84. The number of carbonyl (C=O) groups excluding carboxylic acids is 1. The van der Waals surface area contributed by atoms with E-state index in [-0.39, 0.29) is 18.4 Å². The third-order valence-corrected chi connectivity index (χ3v) is 3.69. The lowest BCUT2D eigenvalue weighted by atomic mass is 9.99. The summed E-state index contributed by atoms with van der Waals surface area (Å²) in [6.45, 7) is 1.62. The fourth-order valence-corrected chi connectivity index (χ4v) is 2.82. The van der Waals surface area contributed by atoms with Gasteiger partial charge in [0.25, 0.3) is 5.91 Å². The van der Waals surface area contributed by atoms with E-state index in [9.17, 15) is 4.79 Å². The van der Waals surface area contributed by atoms with E-state index >= 15 is 0 Å². The van der Waals surface area contributed by atoms with E-state index in [2.05, 4.69) is 15.9 Å². The van der Waals surface area contributed by atoms with Crippen LogP contribution in [0.1, 0.15) is 23.3 Å². The minimum absolute atomic E-state index is 0.0522. The number of halogens is 1. The van der Waals surface area contributed by atoms with Crippen LogP contribution in [0.5, 0.6) is 0 Å². The van der Waals surface area contributed by atoms with Crippen LogP contribution >= 0.6 is 15.9 Å². The molecule has 1 N–H and O–H groups in total. The molecule has 0 bridgehead atoms. The number of likely N-dealkylation sites (tertiary alicyclic amines) is 1. The molecular weight excluding hydrogens is 284 g/mol. The Bertz CT molecular complexity index is 417. The van der Waals surface area contributed by atoms with Crippen molar-refractivity contribution < 1.29 is 9.90 Å². The summed E-state index contributed by atoms with van der Waals surface area (Å²) in [6, 6.07) is 1.84. The van der Waals surface area contributed by atoms with Gasteiger partial charge in [0.1, 0.15) is 5.69 Å². The highest BCUT2D eigenvalue weighted by Crippen LogP contribution is 2.20. The summed E-state index contributed by atoms with van der Waals surface area (Å²) in [7, 11) is 1.87. The molecule has 4 nitrogen and oxygen atoms in total. The van der Waals surface area contributed by atoms with Crippen LogP contribution in [0.15, 0.2) is 16.7 Å². The first-order valence-corrected chi connectivity index (χ1v) is 6.63. The second-order valence-electron chi connectivity index (χ2n) is 4.60. The lowest BCUT2D eigenvalue weighted by Gasteiger charge is -2.31. The minimum Gasteiger partial charge on any atom is -0.396 e. The Morgan fingerprint density at radius 2 is 2.41 bits per heavy atom. The maximum Gasteiger partial charge on any atom is 0.270 e. The Morgan fingerprint density at radius 1 is 1.65 bits per heavy atom. The van der Waals surface area contributed by atoms with Gasteiger partial charge in [-0.15, -0.1) is 0 Å². The number of rotatable bonds is 2. The molecule has 1 atom stereocenters. The predicted molar refractivity (Wildman–Crippen MR) is 68.8 cm³/mol. The van der Waals surface area contributed by atoms with E-state index in [0.717, 1.165) is 23.9 Å². The highest BCUT2D eigenvalue weighted by atomic mass is 79.9. The van der Waals surface area contributed by atoms with Gasteiger partial charge >= 0.3 is 0 Å². The predicted octanol–water partition coefficient (Wildman–Crippen LogP) is 1.63. The van der Waals surface area contributed by atoms with Crippen LogP contribution in [-0.4, -0.2) is 40.2 Å². The zero-order valence-electron chi connectivity index (χ0n) is 9.90. The molecule has 1 aliphatic heterocycles. The molecule has 1 aliphatic rings. The molecule has 1 saturated heterocycles. The highest BCUT2D eigenvalue weighted by molar-refractivity contribution is 9.10. The number of aryl methyl sites for hydroxylation is 1. The lowest BCUT2D eigenvalue weighted by Crippen LogP contribution is -2.41. The molecule has 0 aliphatic carbocycles. The van der Waals surface area contributed by atoms with E-state index in [0.29, 0.717) is 12.2 Å². The quantitative estimate of drug-likeness (QED) is 0.902. The fourth-order valence-electron chi connectivity index (χ4n) is 2.30. The first-order chi connectivity index (χ1) is 8.11. The van der Waals surface area contributed by atoms with Gasteiger partial charge in [0.15, 0.2) is 0 Å². The normalized spacial score (nSPS) is 20.6. The molecule has 0 spiro atoms. The number of nitrogens with zero attached hydrogens (tertiary/aromatic N) is 2. The number of hydrogen-bond acceptors (Lipinski definition) is 2. The maximum absolute atomic E-state index is 12.3. The number of carbonyl (C=O) groups is 1. The van der Waals surface area contributed by atoms with Crippen LogP contribution in [0.2, 0.25) is 0 Å². The second kappa shape index (κ2) is 5.23. The summed E-state index contributed by atoms with van der Waals surface area (Å²) >= 11 is 3.37. The molecule has 94 valence electrons. The van der Waals surface area contributed by atoms with Gasteiger partial charge in [-0.05, 0) is 40.8 Å². The number of amides is 1. The van der Waals surface area contributed by atoms with Crippen molar-refractivity contribution >= 4 is 21.8 Å². The molecular formula is C12H17BrN2O2. The van der Waals surface area contributed by atoms with E-state index in [4.69, 9.17) is 5.11 Å². The van der Waals surface area contributed by atoms with Crippen LogP contribution in [0.25, 0.3) is 0 Å². The van der Waals surface area contributed by atoms with Crippen molar-refractivity contribution in [3.05, 3.63) is 22.4 Å². The maximum atomic E-state index is 12.3. The Kier molecular flexibility index (Phi) is 3.89. The van der Waals surface area contributed by atoms with Crippen LogP contribution < -0.4 is 0 Å². The molecule has 17 heavy (non-hydrogen) atoms. The number of aliphatic hydroxyl groups excluding tert-OH is 1. The summed E-state index contributed by atoms with van der Waals surface area (Å²) in [5.74, 6) is 0.285. The zero-order chi connectivity index (χ0) is 12.4. The first kappa shape index (κ1) is 12.6. The minimum atomic E-state index is 0.0522. The van der Waals surface area contributed by atoms with E-state index in [1.54, 1.807) is 0 Å². The molecule has 0 aromatic carbocycles. The summed E-state index contributed by atoms with van der Waals surface area (Å²) < 4.78 is 2.74. The van der Waals surface area contributed by atoms with Crippen LogP contribution in [0, 0.1) is 5.92 Å². The standard InChI is InChI=1S/C12H17BrN2O2/c1-14-7-10(13)5-11(14)12(17)15-4-2-3-9(6-15)8-16/h5,7,9,16H,2-4,6,8H2,1H3. The van der Waals surface area contributed by atoms with E-state index < -0.39 is 0 Å². The smallest absolute Gasteiger partial charge is 0.270 e. The van der Waals surface area contributed by atoms with Gasteiger partial charge in [-0.2, -0.15) is 0 Å². The van der Waals surface area contributed by atoms with Crippen molar-refractivity contribution in [2.75, 3.05) is 19.7 Å². The van der Waals surface area contributed by atoms with Crippen molar-refractivity contribution in [3.63, 3.8) is 0 Å². The fraction of sp³-hybridized carbons (Fsp3) is 0.583. The number of aliphatic hydroxyl groups is 1. The van der Waals surface area contributed by atoms with Gasteiger partial charge in [0.2, 0.25) is 0 Å². The molecule has 1 aromatic rings. The highest BCUT2D eigenvalue weighted by Gasteiger charge is 2.25. The van der Waals surface area contributed by atoms with Gasteiger partial charge in [0, 0.05) is 37.4 Å². The van der Waals surface area contributed by atoms with Gasteiger partial charge in [-0.25, -0.2) is 0 Å². The average molecular weight is 301 g/mol. The lowest BCUT2D eigenvalue weighted by molar-refractivity contribution is 0.0611. The topological polar surface area (TPSA) is 45.5 Å². The molecule has 2 rings (SSSR count). The second-order valence-corrected chi connectivity index (χ2v) is 5.51. The number of hydrogen-bond donors (Lipinski definition) is 1. The van der Waals surface area contributed by atoms with E-state index in [1.807, 2.05) is 28.8 Å². The van der Waals surface area contributed by atoms with Crippen LogP contribution in [0.4, 0.5) is 0 Å². The Balaban J connectivity index is 2.12. The van der Waals surface area contributed by atoms with Crippen molar-refractivity contribution in [1.82, 2.24) is 9.47 Å². The molecule has 1 amide bonds. The van der Waals surface area contributed by atoms with Gasteiger partial charge < -0.3 is 14.6 Å². The van der Waals surface area contributed by atoms with Crippen LogP contribution in [0.3, 0.4) is 0 Å². The number of piperidine rings is 1. The summed E-state index contributed by atoms with van der Waals surface area (Å²) in [4.78, 5) is 14.1. The molecule has 0 saturated carbocycles. The SMILES string of the molecule is Cn1cc(Br)cc1C(=O)N1CCCC(CO)C1. The molecule has 0 radical (unpaired) electrons. The largest absolute Gasteiger partial charge is 0.396 e. The zero-order valence-corrected chi connectivity index (χ0v) is 11.5. The molecule has 1 unspecified atom stereocenters. The Hall–Kier alpha value is -0.810. The molecule has 5 heteroatoms. The summed E-state index contributed by atoms with van der Waals surface area (Å²) in [5.41, 5.74) is 0.690. The summed E-state index contributed by atoms with van der Waals surface area (Å²) in [5, 5.41) is 9.17. The van der Waals surface area contributed by atoms with Crippen molar-refractivity contribution in [1.29, 1.82) is 0 Å². The Morgan fingerprint density at radius 3 is 3.00 bits per heavy atom. The van der Waals surface area contributed by atoms with Crippen molar-refractivity contribution in [2.45, 2.75) is 12.8 Å². The molecule has 1 aromatic heterocycles. The van der Waals surface area contributed by atoms with Crippen LogP contribution in [-0.2, 0) is 7.05 Å². The molecule has 1 fully saturated rings. The van der Waals surface area contributed by atoms with Crippen molar-refractivity contribution in [2.24, 2.45) is 13.0 Å². The van der Waals surface area contributed by atoms with Gasteiger partial charge in [-0.1, -0.05) is 0 Å². The molecule has 2 heterocycles. The average Bonchev–Trinajstić information content (AvgIpc) is 2.67. The third kappa shape index (κ3) is 2.72.